The highest BCUT2D eigenvalue weighted by Crippen LogP contribution is 2.29. The molecule has 1 aliphatic rings. The van der Waals surface area contributed by atoms with Gasteiger partial charge in [-0.1, -0.05) is 12.1 Å². The number of aliphatic carboxylic acids is 1. The summed E-state index contributed by atoms with van der Waals surface area (Å²) >= 11 is 0. The highest BCUT2D eigenvalue weighted by molar-refractivity contribution is 5.80. The molecule has 0 spiro atoms. The van der Waals surface area contributed by atoms with E-state index in [-0.39, 0.29) is 24.7 Å². The first-order chi connectivity index (χ1) is 9.75. The second-order valence-electron chi connectivity index (χ2n) is 5.13. The van der Waals surface area contributed by atoms with E-state index < -0.39 is 17.7 Å². The van der Waals surface area contributed by atoms with Gasteiger partial charge in [0, 0.05) is 19.0 Å². The summed E-state index contributed by atoms with van der Waals surface area (Å²) in [6.45, 7) is 0.789. The van der Waals surface area contributed by atoms with Gasteiger partial charge in [0.25, 0.3) is 0 Å². The summed E-state index contributed by atoms with van der Waals surface area (Å²) in [6.07, 6.45) is -4.33. The fourth-order valence-electron chi connectivity index (χ4n) is 2.25. The normalized spacial score (nSPS) is 15.7. The minimum atomic E-state index is -4.38. The zero-order chi connectivity index (χ0) is 15.6. The molecule has 1 heterocycles. The predicted octanol–water partition coefficient (Wildman–Crippen LogP) is 2.18. The third-order valence-electron chi connectivity index (χ3n) is 3.41. The van der Waals surface area contributed by atoms with Crippen LogP contribution in [-0.4, -0.2) is 35.0 Å². The van der Waals surface area contributed by atoms with Gasteiger partial charge in [0.05, 0.1) is 18.4 Å². The molecule has 1 saturated heterocycles. The Balaban J connectivity index is 1.85. The van der Waals surface area contributed by atoms with Crippen LogP contribution in [0.2, 0.25) is 0 Å². The largest absolute Gasteiger partial charge is 0.481 e. The van der Waals surface area contributed by atoms with Gasteiger partial charge in [-0.05, 0) is 17.7 Å². The van der Waals surface area contributed by atoms with Gasteiger partial charge in [-0.3, -0.25) is 9.59 Å². The molecule has 114 valence electrons. The molecule has 0 saturated carbocycles. The van der Waals surface area contributed by atoms with Crippen molar-refractivity contribution in [1.82, 2.24) is 4.90 Å². The monoisotopic (exact) mass is 301 g/mol. The molecule has 0 aromatic heterocycles. The number of carbonyl (C=O) groups is 2. The molecule has 0 aliphatic carbocycles. The van der Waals surface area contributed by atoms with Crippen LogP contribution in [-0.2, 0) is 22.2 Å². The molecule has 1 amide bonds. The van der Waals surface area contributed by atoms with Crippen LogP contribution in [0.25, 0.3) is 0 Å². The van der Waals surface area contributed by atoms with Crippen molar-refractivity contribution in [3.05, 3.63) is 35.4 Å². The van der Waals surface area contributed by atoms with Crippen molar-refractivity contribution < 1.29 is 27.9 Å². The van der Waals surface area contributed by atoms with Crippen LogP contribution < -0.4 is 0 Å². The maximum absolute atomic E-state index is 12.4. The number of carboxylic acids is 1. The van der Waals surface area contributed by atoms with Gasteiger partial charge in [-0.15, -0.1) is 0 Å². The average molecular weight is 301 g/mol. The van der Waals surface area contributed by atoms with Crippen molar-refractivity contribution in [2.75, 3.05) is 13.1 Å². The molecule has 7 heteroatoms. The first-order valence-electron chi connectivity index (χ1n) is 6.41. The number of hydrogen-bond acceptors (Lipinski definition) is 2. The number of benzene rings is 1. The molecule has 4 nitrogen and oxygen atoms in total. The minimum Gasteiger partial charge on any atom is -0.481 e. The molecule has 1 fully saturated rings. The second-order valence-corrected chi connectivity index (χ2v) is 5.13. The summed E-state index contributed by atoms with van der Waals surface area (Å²) in [4.78, 5) is 23.9. The molecular formula is C14H14F3NO3. The quantitative estimate of drug-likeness (QED) is 0.927. The fourth-order valence-corrected chi connectivity index (χ4v) is 2.25. The number of carboxylic acid groups (broad SMARTS) is 1. The van der Waals surface area contributed by atoms with E-state index in [1.54, 1.807) is 0 Å². The van der Waals surface area contributed by atoms with Gasteiger partial charge in [0.15, 0.2) is 0 Å². The van der Waals surface area contributed by atoms with Gasteiger partial charge in [0.2, 0.25) is 5.91 Å². The van der Waals surface area contributed by atoms with Crippen LogP contribution >= 0.6 is 0 Å². The van der Waals surface area contributed by atoms with E-state index in [9.17, 15) is 22.8 Å². The zero-order valence-corrected chi connectivity index (χ0v) is 11.1. The summed E-state index contributed by atoms with van der Waals surface area (Å²) in [6, 6.07) is 4.47. The van der Waals surface area contributed by atoms with Gasteiger partial charge in [-0.2, -0.15) is 13.2 Å². The van der Waals surface area contributed by atoms with Crippen molar-refractivity contribution in [2.45, 2.75) is 19.0 Å². The Morgan fingerprint density at radius 1 is 1.19 bits per heavy atom. The number of halogens is 3. The fraction of sp³-hybridized carbons (Fsp3) is 0.429. The molecule has 21 heavy (non-hydrogen) atoms. The second kappa shape index (κ2) is 5.75. The number of amides is 1. The number of likely N-dealkylation sites (tertiary alicyclic amines) is 1. The number of carbonyl (C=O) groups excluding carboxylic acids is 1. The summed E-state index contributed by atoms with van der Waals surface area (Å²) in [5.74, 6) is -1.12. The maximum Gasteiger partial charge on any atom is 0.416 e. The molecule has 1 aromatic rings. The number of hydrogen-bond donors (Lipinski definition) is 1. The van der Waals surface area contributed by atoms with Crippen LogP contribution in [0.15, 0.2) is 24.3 Å². The molecule has 0 bridgehead atoms. The van der Waals surface area contributed by atoms with Crippen LogP contribution in [0.3, 0.4) is 0 Å². The Morgan fingerprint density at radius 3 is 2.24 bits per heavy atom. The van der Waals surface area contributed by atoms with E-state index in [1.807, 2.05) is 0 Å². The smallest absolute Gasteiger partial charge is 0.416 e. The Bertz CT molecular complexity index is 533. The third-order valence-corrected chi connectivity index (χ3v) is 3.41. The minimum absolute atomic E-state index is 0.0257. The van der Waals surface area contributed by atoms with E-state index in [0.717, 1.165) is 12.1 Å². The molecule has 0 atom stereocenters. The molecule has 1 aromatic carbocycles. The number of alkyl halides is 3. The van der Waals surface area contributed by atoms with Crippen LogP contribution in [0.4, 0.5) is 13.2 Å². The zero-order valence-electron chi connectivity index (χ0n) is 11.1. The highest BCUT2D eigenvalue weighted by Gasteiger charge is 2.32. The lowest BCUT2D eigenvalue weighted by Crippen LogP contribution is -2.51. The Labute approximate surface area is 119 Å². The number of nitrogens with zero attached hydrogens (tertiary/aromatic N) is 1. The molecule has 1 N–H and O–H groups in total. The van der Waals surface area contributed by atoms with Crippen LogP contribution in [0.1, 0.15) is 17.5 Å². The Hall–Kier alpha value is -2.05. The molecule has 0 radical (unpaired) electrons. The lowest BCUT2D eigenvalue weighted by atomic mass is 9.95. The van der Waals surface area contributed by atoms with Gasteiger partial charge >= 0.3 is 12.1 Å². The SMILES string of the molecule is O=C(O)CC1CN(C(=O)Cc2ccc(C(F)(F)F)cc2)C1. The molecular weight excluding hydrogens is 287 g/mol. The number of rotatable bonds is 4. The molecule has 2 rings (SSSR count). The lowest BCUT2D eigenvalue weighted by Gasteiger charge is -2.38. The Morgan fingerprint density at radius 2 is 1.76 bits per heavy atom. The topological polar surface area (TPSA) is 57.6 Å². The van der Waals surface area contributed by atoms with Crippen LogP contribution in [0, 0.1) is 5.92 Å². The standard InChI is InChI=1S/C14H14F3NO3/c15-14(16,17)11-3-1-9(2-4-11)5-12(19)18-7-10(8-18)6-13(20)21/h1-4,10H,5-8H2,(H,20,21). The van der Waals surface area contributed by atoms with Crippen molar-refractivity contribution in [2.24, 2.45) is 5.92 Å². The maximum atomic E-state index is 12.4. The van der Waals surface area contributed by atoms with Gasteiger partial charge in [-0.25, -0.2) is 0 Å². The van der Waals surface area contributed by atoms with E-state index in [1.165, 1.54) is 17.0 Å². The summed E-state index contributed by atoms with van der Waals surface area (Å²) in [5, 5.41) is 8.61. The van der Waals surface area contributed by atoms with Crippen molar-refractivity contribution in [3.63, 3.8) is 0 Å². The molecule has 1 aliphatic heterocycles. The van der Waals surface area contributed by atoms with Gasteiger partial charge < -0.3 is 10.0 Å². The van der Waals surface area contributed by atoms with E-state index in [4.69, 9.17) is 5.11 Å². The third kappa shape index (κ3) is 3.96. The van der Waals surface area contributed by atoms with Crippen molar-refractivity contribution >= 4 is 11.9 Å². The first kappa shape index (κ1) is 15.3. The first-order valence-corrected chi connectivity index (χ1v) is 6.41. The summed E-state index contributed by atoms with van der Waals surface area (Å²) in [5.41, 5.74) is -0.237. The summed E-state index contributed by atoms with van der Waals surface area (Å²) in [7, 11) is 0. The van der Waals surface area contributed by atoms with E-state index in [2.05, 4.69) is 0 Å². The van der Waals surface area contributed by atoms with Gasteiger partial charge in [0.1, 0.15) is 0 Å². The van der Waals surface area contributed by atoms with Crippen molar-refractivity contribution in [1.29, 1.82) is 0 Å². The van der Waals surface area contributed by atoms with E-state index >= 15 is 0 Å². The predicted molar refractivity (Wildman–Crippen MR) is 67.5 cm³/mol. The summed E-state index contributed by atoms with van der Waals surface area (Å²) < 4.78 is 37.2. The average Bonchev–Trinajstić information content (AvgIpc) is 2.32. The Kier molecular flexibility index (Phi) is 4.20. The van der Waals surface area contributed by atoms with E-state index in [0.29, 0.717) is 18.7 Å². The highest BCUT2D eigenvalue weighted by atomic mass is 19.4. The lowest BCUT2D eigenvalue weighted by molar-refractivity contribution is -0.144. The van der Waals surface area contributed by atoms with Crippen LogP contribution in [0.5, 0.6) is 0 Å². The molecule has 0 unspecified atom stereocenters. The van der Waals surface area contributed by atoms with Crippen molar-refractivity contribution in [3.8, 4) is 0 Å².